The van der Waals surface area contributed by atoms with Crippen LogP contribution < -0.4 is 5.32 Å². The minimum absolute atomic E-state index is 0.0135. The van der Waals surface area contributed by atoms with Crippen LogP contribution >= 0.6 is 0 Å². The molecule has 1 unspecified atom stereocenters. The topological polar surface area (TPSA) is 49.4 Å². The smallest absolute Gasteiger partial charge is 0.226 e. The highest BCUT2D eigenvalue weighted by Gasteiger charge is 2.30. The van der Waals surface area contributed by atoms with Gasteiger partial charge in [-0.05, 0) is 41.7 Å². The normalized spacial score (nSPS) is 16.2. The van der Waals surface area contributed by atoms with Gasteiger partial charge in [0.05, 0.1) is 12.5 Å². The van der Waals surface area contributed by atoms with Crippen LogP contribution in [0.15, 0.2) is 48.5 Å². The maximum Gasteiger partial charge on any atom is 0.226 e. The van der Waals surface area contributed by atoms with Crippen molar-refractivity contribution < 1.29 is 9.59 Å². The van der Waals surface area contributed by atoms with Gasteiger partial charge in [-0.25, -0.2) is 0 Å². The van der Waals surface area contributed by atoms with Crippen LogP contribution in [0.4, 0.5) is 5.69 Å². The quantitative estimate of drug-likeness (QED) is 0.925. The van der Waals surface area contributed by atoms with Gasteiger partial charge in [0.1, 0.15) is 0 Å². The third-order valence-electron chi connectivity index (χ3n) is 4.84. The number of aryl methyl sites for hydroxylation is 1. The van der Waals surface area contributed by atoms with Gasteiger partial charge >= 0.3 is 0 Å². The summed E-state index contributed by atoms with van der Waals surface area (Å²) in [5.41, 5.74) is 4.34. The van der Waals surface area contributed by atoms with E-state index in [0.29, 0.717) is 6.54 Å². The number of carbonyl (C=O) groups excluding carboxylic acids is 2. The van der Waals surface area contributed by atoms with E-state index in [1.807, 2.05) is 47.4 Å². The Labute approximate surface area is 148 Å². The summed E-state index contributed by atoms with van der Waals surface area (Å²) in [5, 5.41) is 2.95. The minimum atomic E-state index is -0.197. The maximum absolute atomic E-state index is 12.6. The molecule has 0 spiro atoms. The van der Waals surface area contributed by atoms with Crippen molar-refractivity contribution in [2.24, 2.45) is 0 Å². The summed E-state index contributed by atoms with van der Waals surface area (Å²) in [5.74, 6) is -0.0585. The molecule has 2 amide bonds. The van der Waals surface area contributed by atoms with Crippen LogP contribution in [0.3, 0.4) is 0 Å². The number of hydrogen-bond acceptors (Lipinski definition) is 2. The van der Waals surface area contributed by atoms with Crippen LogP contribution in [0.25, 0.3) is 0 Å². The van der Waals surface area contributed by atoms with E-state index in [9.17, 15) is 9.59 Å². The molecule has 4 heteroatoms. The first-order valence-corrected chi connectivity index (χ1v) is 8.82. The van der Waals surface area contributed by atoms with Crippen molar-refractivity contribution in [1.82, 2.24) is 4.90 Å². The molecule has 1 atom stereocenters. The molecule has 1 N–H and O–H groups in total. The van der Waals surface area contributed by atoms with Crippen LogP contribution in [-0.2, 0) is 22.4 Å². The van der Waals surface area contributed by atoms with Crippen molar-refractivity contribution in [2.45, 2.75) is 39.2 Å². The molecule has 25 heavy (non-hydrogen) atoms. The Balaban J connectivity index is 1.76. The number of nitrogens with one attached hydrogen (secondary N) is 1. The third kappa shape index (κ3) is 3.90. The molecule has 130 valence electrons. The molecular formula is C21H24N2O2. The lowest BCUT2D eigenvalue weighted by atomic mass is 9.90. The highest BCUT2D eigenvalue weighted by molar-refractivity contribution is 5.91. The average Bonchev–Trinajstić information content (AvgIpc) is 2.62. The molecule has 0 fully saturated rings. The Morgan fingerprint density at radius 2 is 1.84 bits per heavy atom. The molecule has 0 saturated carbocycles. The molecular weight excluding hydrogens is 312 g/mol. The molecule has 1 aliphatic rings. The van der Waals surface area contributed by atoms with Crippen molar-refractivity contribution in [2.75, 3.05) is 11.9 Å². The van der Waals surface area contributed by atoms with E-state index in [2.05, 4.69) is 18.3 Å². The van der Waals surface area contributed by atoms with Gasteiger partial charge in [0.2, 0.25) is 11.8 Å². The molecule has 1 aliphatic heterocycles. The van der Waals surface area contributed by atoms with E-state index in [0.717, 1.165) is 24.1 Å². The van der Waals surface area contributed by atoms with Gasteiger partial charge in [-0.2, -0.15) is 0 Å². The fourth-order valence-corrected chi connectivity index (χ4v) is 3.46. The lowest BCUT2D eigenvalue weighted by Gasteiger charge is -2.36. The standard InChI is InChI=1S/C21H24N2O2/c1-3-16-8-10-18(11-9-16)22-21(25)14-20-19-7-5-4-6-17(19)12-13-23(20)15(2)24/h4-11,20H,3,12-14H2,1-2H3,(H,22,25). The van der Waals surface area contributed by atoms with Crippen LogP contribution in [0.1, 0.15) is 43.0 Å². The zero-order chi connectivity index (χ0) is 17.8. The minimum Gasteiger partial charge on any atom is -0.335 e. The molecule has 0 radical (unpaired) electrons. The van der Waals surface area contributed by atoms with Crippen molar-refractivity contribution in [1.29, 1.82) is 0 Å². The van der Waals surface area contributed by atoms with E-state index in [1.54, 1.807) is 6.92 Å². The second-order valence-corrected chi connectivity index (χ2v) is 6.48. The number of rotatable bonds is 4. The Hall–Kier alpha value is -2.62. The number of anilines is 1. The fourth-order valence-electron chi connectivity index (χ4n) is 3.46. The second-order valence-electron chi connectivity index (χ2n) is 6.48. The molecule has 2 aromatic carbocycles. The monoisotopic (exact) mass is 336 g/mol. The number of amides is 2. The molecule has 0 aliphatic carbocycles. The highest BCUT2D eigenvalue weighted by Crippen LogP contribution is 2.32. The van der Waals surface area contributed by atoms with E-state index >= 15 is 0 Å². The van der Waals surface area contributed by atoms with E-state index in [4.69, 9.17) is 0 Å². The van der Waals surface area contributed by atoms with E-state index in [-0.39, 0.29) is 24.3 Å². The van der Waals surface area contributed by atoms with Crippen molar-refractivity contribution in [3.8, 4) is 0 Å². The van der Waals surface area contributed by atoms with Crippen LogP contribution in [0.2, 0.25) is 0 Å². The molecule has 0 bridgehead atoms. The van der Waals surface area contributed by atoms with Crippen molar-refractivity contribution in [3.63, 3.8) is 0 Å². The van der Waals surface area contributed by atoms with Gasteiger partial charge in [-0.1, -0.05) is 43.3 Å². The van der Waals surface area contributed by atoms with Crippen molar-refractivity contribution in [3.05, 3.63) is 65.2 Å². The first-order valence-electron chi connectivity index (χ1n) is 8.82. The Bertz CT molecular complexity index is 768. The third-order valence-corrected chi connectivity index (χ3v) is 4.84. The molecule has 4 nitrogen and oxygen atoms in total. The highest BCUT2D eigenvalue weighted by atomic mass is 16.2. The number of carbonyl (C=O) groups is 2. The van der Waals surface area contributed by atoms with Gasteiger partial charge in [0.15, 0.2) is 0 Å². The number of nitrogens with zero attached hydrogens (tertiary/aromatic N) is 1. The zero-order valence-corrected chi connectivity index (χ0v) is 14.8. The number of hydrogen-bond donors (Lipinski definition) is 1. The summed E-state index contributed by atoms with van der Waals surface area (Å²) in [7, 11) is 0. The summed E-state index contributed by atoms with van der Waals surface area (Å²) in [6.45, 7) is 4.34. The van der Waals surface area contributed by atoms with Gasteiger partial charge in [0, 0.05) is 19.2 Å². The predicted octanol–water partition coefficient (Wildman–Crippen LogP) is 3.72. The summed E-state index contributed by atoms with van der Waals surface area (Å²) >= 11 is 0. The van der Waals surface area contributed by atoms with Gasteiger partial charge in [0.25, 0.3) is 0 Å². The number of benzene rings is 2. The Morgan fingerprint density at radius 1 is 1.12 bits per heavy atom. The SMILES string of the molecule is CCc1ccc(NC(=O)CC2c3ccccc3CCN2C(C)=O)cc1. The van der Waals surface area contributed by atoms with Gasteiger partial charge in [-0.3, -0.25) is 9.59 Å². The summed E-state index contributed by atoms with van der Waals surface area (Å²) in [6, 6.07) is 15.8. The van der Waals surface area contributed by atoms with Crippen LogP contribution in [0.5, 0.6) is 0 Å². The summed E-state index contributed by atoms with van der Waals surface area (Å²) in [4.78, 5) is 26.4. The predicted molar refractivity (Wildman–Crippen MR) is 99.3 cm³/mol. The van der Waals surface area contributed by atoms with E-state index < -0.39 is 0 Å². The van der Waals surface area contributed by atoms with Crippen molar-refractivity contribution >= 4 is 17.5 Å². The molecule has 0 aromatic heterocycles. The van der Waals surface area contributed by atoms with Gasteiger partial charge in [-0.15, -0.1) is 0 Å². The van der Waals surface area contributed by atoms with Crippen LogP contribution in [0, 0.1) is 0 Å². The average molecular weight is 336 g/mol. The van der Waals surface area contributed by atoms with Gasteiger partial charge < -0.3 is 10.2 Å². The first kappa shape index (κ1) is 17.2. The summed E-state index contributed by atoms with van der Waals surface area (Å²) in [6.07, 6.45) is 2.08. The fraction of sp³-hybridized carbons (Fsp3) is 0.333. The summed E-state index contributed by atoms with van der Waals surface area (Å²) < 4.78 is 0. The Kier molecular flexibility index (Phi) is 5.17. The number of fused-ring (bicyclic) bond motifs is 1. The maximum atomic E-state index is 12.6. The second kappa shape index (κ2) is 7.51. The first-order chi connectivity index (χ1) is 12.1. The zero-order valence-electron chi connectivity index (χ0n) is 14.8. The molecule has 2 aromatic rings. The largest absolute Gasteiger partial charge is 0.335 e. The van der Waals surface area contributed by atoms with E-state index in [1.165, 1.54) is 11.1 Å². The molecule has 3 rings (SSSR count). The van der Waals surface area contributed by atoms with Crippen LogP contribution in [-0.4, -0.2) is 23.3 Å². The lowest BCUT2D eigenvalue weighted by molar-refractivity contribution is -0.132. The molecule has 0 saturated heterocycles. The Morgan fingerprint density at radius 3 is 2.52 bits per heavy atom. The lowest BCUT2D eigenvalue weighted by Crippen LogP contribution is -2.40. The molecule has 1 heterocycles.